The van der Waals surface area contributed by atoms with Crippen LogP contribution in [-0.2, 0) is 4.79 Å². The van der Waals surface area contributed by atoms with E-state index in [0.717, 1.165) is 68.0 Å². The monoisotopic (exact) mass is 415 g/mol. The smallest absolute Gasteiger partial charge is 0.142 e. The van der Waals surface area contributed by atoms with Gasteiger partial charge in [0.15, 0.2) is 0 Å². The number of carbonyl (C=O) groups is 1. The molecule has 2 fully saturated rings. The van der Waals surface area contributed by atoms with E-state index in [9.17, 15) is 4.79 Å². The number of aromatic nitrogens is 3. The summed E-state index contributed by atoms with van der Waals surface area (Å²) >= 11 is 0. The number of hydrogen-bond acceptors (Lipinski definition) is 7. The highest BCUT2D eigenvalue weighted by atomic mass is 16.1. The molecule has 2 aliphatic rings. The van der Waals surface area contributed by atoms with Crippen molar-refractivity contribution in [1.82, 2.24) is 25.4 Å². The van der Waals surface area contributed by atoms with Crippen LogP contribution < -0.4 is 16.1 Å². The molecule has 0 aromatic carbocycles. The summed E-state index contributed by atoms with van der Waals surface area (Å²) in [4.78, 5) is 25.0. The lowest BCUT2D eigenvalue weighted by molar-refractivity contribution is -0.109. The summed E-state index contributed by atoms with van der Waals surface area (Å²) in [6, 6.07) is 2.61. The molecule has 8 heteroatoms. The predicted molar refractivity (Wildman–Crippen MR) is 121 cm³/mol. The van der Waals surface area contributed by atoms with Crippen LogP contribution in [0.4, 0.5) is 5.82 Å². The Balaban J connectivity index is 0.00000124. The Morgan fingerprint density at radius 2 is 1.90 bits per heavy atom. The molecule has 4 N–H and O–H groups in total. The number of H-pyrrole nitrogens is 1. The van der Waals surface area contributed by atoms with Gasteiger partial charge in [0.1, 0.15) is 24.1 Å². The number of nitrogens with one attached hydrogen (secondary N) is 2. The second-order valence-electron chi connectivity index (χ2n) is 8.42. The quantitative estimate of drug-likeness (QED) is 0.596. The molecule has 1 aliphatic heterocycles. The van der Waals surface area contributed by atoms with Crippen molar-refractivity contribution < 1.29 is 4.79 Å². The standard InChI is InChI=1S/C21H32N6O.CH5N/c1-26(21-19-6-10-22-20(19)23-15-24-21)18-4-2-17(3-5-18)14-25-27-11-7-16(8-12-27)9-13-28;1-2/h6,10,13,15-18,25H,2-5,7-9,11-12,14H2,1H3,(H,22,23,24);2H2,1H3. The molecule has 4 rings (SSSR count). The zero-order valence-corrected chi connectivity index (χ0v) is 18.4. The summed E-state index contributed by atoms with van der Waals surface area (Å²) in [5.74, 6) is 2.37. The Kier molecular flexibility index (Phi) is 8.60. The molecule has 1 aliphatic carbocycles. The number of hydrogen-bond donors (Lipinski definition) is 3. The molecule has 2 aromatic rings. The van der Waals surface area contributed by atoms with E-state index in [1.165, 1.54) is 32.7 Å². The first-order valence-electron chi connectivity index (χ1n) is 11.3. The maximum atomic E-state index is 10.7. The van der Waals surface area contributed by atoms with E-state index in [0.29, 0.717) is 12.0 Å². The van der Waals surface area contributed by atoms with Gasteiger partial charge in [-0.05, 0) is 63.5 Å². The molecule has 166 valence electrons. The fourth-order valence-electron chi connectivity index (χ4n) is 4.77. The van der Waals surface area contributed by atoms with Gasteiger partial charge in [-0.15, -0.1) is 0 Å². The Morgan fingerprint density at radius 1 is 1.17 bits per heavy atom. The predicted octanol–water partition coefficient (Wildman–Crippen LogP) is 2.33. The molecule has 8 nitrogen and oxygen atoms in total. The number of aldehydes is 1. The van der Waals surface area contributed by atoms with Gasteiger partial charge in [0.2, 0.25) is 0 Å². The molecule has 3 heterocycles. The molecule has 0 unspecified atom stereocenters. The number of nitrogens with two attached hydrogens (primary N) is 1. The van der Waals surface area contributed by atoms with Crippen LogP contribution in [0.5, 0.6) is 0 Å². The van der Waals surface area contributed by atoms with Gasteiger partial charge in [-0.25, -0.2) is 15.0 Å². The number of carbonyl (C=O) groups excluding carboxylic acids is 1. The van der Waals surface area contributed by atoms with Gasteiger partial charge in [0, 0.05) is 45.3 Å². The van der Waals surface area contributed by atoms with E-state index < -0.39 is 0 Å². The summed E-state index contributed by atoms with van der Waals surface area (Å²) < 4.78 is 0. The summed E-state index contributed by atoms with van der Waals surface area (Å²) in [5, 5.41) is 3.47. The van der Waals surface area contributed by atoms with Crippen molar-refractivity contribution >= 4 is 23.1 Å². The van der Waals surface area contributed by atoms with Crippen LogP contribution >= 0.6 is 0 Å². The summed E-state index contributed by atoms with van der Waals surface area (Å²) in [7, 11) is 3.67. The second-order valence-corrected chi connectivity index (χ2v) is 8.42. The van der Waals surface area contributed by atoms with Crippen molar-refractivity contribution in [2.24, 2.45) is 17.6 Å². The normalized spacial score (nSPS) is 23.0. The minimum atomic E-state index is 0.545. The van der Waals surface area contributed by atoms with E-state index in [-0.39, 0.29) is 0 Å². The Morgan fingerprint density at radius 3 is 2.60 bits per heavy atom. The first-order valence-corrected chi connectivity index (χ1v) is 11.3. The van der Waals surface area contributed by atoms with Crippen molar-refractivity contribution in [3.63, 3.8) is 0 Å². The van der Waals surface area contributed by atoms with Crippen LogP contribution in [0.25, 0.3) is 11.0 Å². The van der Waals surface area contributed by atoms with Crippen molar-refractivity contribution in [3.8, 4) is 0 Å². The molecule has 1 saturated heterocycles. The third-order valence-corrected chi connectivity index (χ3v) is 6.68. The highest BCUT2D eigenvalue weighted by Crippen LogP contribution is 2.31. The van der Waals surface area contributed by atoms with Crippen molar-refractivity contribution in [2.75, 3.05) is 38.6 Å². The first kappa shape index (κ1) is 22.7. The molecule has 0 bridgehead atoms. The molecule has 0 radical (unpaired) electrons. The second kappa shape index (κ2) is 11.4. The van der Waals surface area contributed by atoms with Gasteiger partial charge in [-0.2, -0.15) is 0 Å². The number of piperidine rings is 1. The molecule has 0 amide bonds. The molecule has 2 aromatic heterocycles. The third kappa shape index (κ3) is 5.56. The van der Waals surface area contributed by atoms with Crippen LogP contribution in [0.1, 0.15) is 44.9 Å². The van der Waals surface area contributed by atoms with Crippen molar-refractivity contribution in [2.45, 2.75) is 51.0 Å². The van der Waals surface area contributed by atoms with E-state index >= 15 is 0 Å². The van der Waals surface area contributed by atoms with Crippen LogP contribution in [0.15, 0.2) is 18.6 Å². The van der Waals surface area contributed by atoms with Crippen molar-refractivity contribution in [3.05, 3.63) is 18.6 Å². The largest absolute Gasteiger partial charge is 0.356 e. The van der Waals surface area contributed by atoms with Crippen LogP contribution in [0, 0.1) is 11.8 Å². The van der Waals surface area contributed by atoms with Gasteiger partial charge in [0.05, 0.1) is 5.39 Å². The van der Waals surface area contributed by atoms with E-state index in [4.69, 9.17) is 0 Å². The third-order valence-electron chi connectivity index (χ3n) is 6.68. The molecule has 1 saturated carbocycles. The summed E-state index contributed by atoms with van der Waals surface area (Å²) in [5.41, 5.74) is 9.07. The van der Waals surface area contributed by atoms with Crippen LogP contribution in [0.2, 0.25) is 0 Å². The fourth-order valence-corrected chi connectivity index (χ4v) is 4.77. The number of aromatic amines is 1. The number of fused-ring (bicyclic) bond motifs is 1. The average Bonchev–Trinajstić information content (AvgIpc) is 3.29. The number of nitrogens with zero attached hydrogens (tertiary/aromatic N) is 4. The van der Waals surface area contributed by atoms with Gasteiger partial charge in [0.25, 0.3) is 0 Å². The van der Waals surface area contributed by atoms with Crippen molar-refractivity contribution in [1.29, 1.82) is 0 Å². The number of anilines is 1. The zero-order chi connectivity index (χ0) is 21.3. The van der Waals surface area contributed by atoms with E-state index in [2.05, 4.69) is 49.1 Å². The Bertz CT molecular complexity index is 764. The fraction of sp³-hybridized carbons (Fsp3) is 0.682. The maximum Gasteiger partial charge on any atom is 0.142 e. The number of hydrazine groups is 1. The lowest BCUT2D eigenvalue weighted by Gasteiger charge is -2.37. The van der Waals surface area contributed by atoms with Gasteiger partial charge < -0.3 is 20.4 Å². The SMILES string of the molecule is CN.CN(c1ncnc2[nH]ccc12)C1CCC(CNN2CCC(CC=O)CC2)CC1. The minimum Gasteiger partial charge on any atom is -0.356 e. The van der Waals surface area contributed by atoms with Crippen LogP contribution in [0.3, 0.4) is 0 Å². The Hall–Kier alpha value is -2.03. The lowest BCUT2D eigenvalue weighted by atomic mass is 9.85. The molecular formula is C22H37N7O. The molecule has 0 spiro atoms. The van der Waals surface area contributed by atoms with Gasteiger partial charge in [-0.1, -0.05) is 0 Å². The first-order chi connectivity index (χ1) is 14.7. The summed E-state index contributed by atoms with van der Waals surface area (Å²) in [6.07, 6.45) is 12.6. The minimum absolute atomic E-state index is 0.545. The molecule has 0 atom stereocenters. The molecule has 30 heavy (non-hydrogen) atoms. The van der Waals surface area contributed by atoms with E-state index in [1.54, 1.807) is 6.33 Å². The lowest BCUT2D eigenvalue weighted by Crippen LogP contribution is -2.46. The highest BCUT2D eigenvalue weighted by Gasteiger charge is 2.26. The number of rotatable bonds is 7. The average molecular weight is 416 g/mol. The summed E-state index contributed by atoms with van der Waals surface area (Å²) in [6.45, 7) is 3.21. The van der Waals surface area contributed by atoms with Gasteiger partial charge >= 0.3 is 0 Å². The maximum absolute atomic E-state index is 10.7. The van der Waals surface area contributed by atoms with Crippen LogP contribution in [-0.4, -0.2) is 66.0 Å². The topological polar surface area (TPSA) is 103 Å². The van der Waals surface area contributed by atoms with E-state index in [1.807, 2.05) is 6.20 Å². The zero-order valence-electron chi connectivity index (χ0n) is 18.4. The molecular weight excluding hydrogens is 378 g/mol. The van der Waals surface area contributed by atoms with Gasteiger partial charge in [-0.3, -0.25) is 5.43 Å². The Labute approximate surface area is 179 Å². The highest BCUT2D eigenvalue weighted by molar-refractivity contribution is 5.87.